The van der Waals surface area contributed by atoms with Gasteiger partial charge in [-0.05, 0) is 43.1 Å². The highest BCUT2D eigenvalue weighted by Crippen LogP contribution is 2.33. The van der Waals surface area contributed by atoms with Gasteiger partial charge in [0.1, 0.15) is 10.6 Å². The second kappa shape index (κ2) is 6.29. The first-order valence-corrected chi connectivity index (χ1v) is 9.03. The third-order valence-electron chi connectivity index (χ3n) is 4.32. The topological polar surface area (TPSA) is 53.1 Å². The van der Waals surface area contributed by atoms with Gasteiger partial charge in [-0.25, -0.2) is 9.97 Å². The molecule has 4 rings (SSSR count). The van der Waals surface area contributed by atoms with Crippen molar-refractivity contribution in [3.63, 3.8) is 0 Å². The molecule has 0 radical (unpaired) electrons. The summed E-state index contributed by atoms with van der Waals surface area (Å²) < 4.78 is 0. The van der Waals surface area contributed by atoms with Gasteiger partial charge in [-0.1, -0.05) is 6.08 Å². The molecule has 2 aromatic rings. The zero-order valence-corrected chi connectivity index (χ0v) is 14.1. The van der Waals surface area contributed by atoms with Crippen LogP contribution < -0.4 is 15.5 Å². The van der Waals surface area contributed by atoms with E-state index in [0.717, 1.165) is 61.2 Å². The fraction of sp³-hybridized carbons (Fsp3) is 0.412. The molecule has 0 spiro atoms. The number of nitrogens with zero attached hydrogens (tertiary/aromatic N) is 3. The molecule has 4 heterocycles. The van der Waals surface area contributed by atoms with Crippen LogP contribution >= 0.6 is 11.3 Å². The number of nitrogens with one attached hydrogen (secondary N) is 2. The fourth-order valence-electron chi connectivity index (χ4n) is 3.10. The number of hydrogen-bond donors (Lipinski definition) is 2. The SMILES string of the molecule is Cc1csc2nc(C3=CCNC=C3)nc(N3CCCNCC3)c12. The highest BCUT2D eigenvalue weighted by atomic mass is 32.1. The van der Waals surface area contributed by atoms with Gasteiger partial charge in [0.05, 0.1) is 5.39 Å². The minimum absolute atomic E-state index is 0.833. The van der Waals surface area contributed by atoms with Crippen molar-refractivity contribution in [2.24, 2.45) is 0 Å². The Bertz CT molecular complexity index is 769. The van der Waals surface area contributed by atoms with E-state index in [4.69, 9.17) is 9.97 Å². The molecule has 0 atom stereocenters. The van der Waals surface area contributed by atoms with Crippen molar-refractivity contribution in [2.75, 3.05) is 37.6 Å². The van der Waals surface area contributed by atoms with Gasteiger partial charge >= 0.3 is 0 Å². The molecule has 2 N–H and O–H groups in total. The van der Waals surface area contributed by atoms with Gasteiger partial charge in [0.2, 0.25) is 0 Å². The van der Waals surface area contributed by atoms with Crippen molar-refractivity contribution in [1.82, 2.24) is 20.6 Å². The van der Waals surface area contributed by atoms with Gasteiger partial charge in [-0.15, -0.1) is 11.3 Å². The third kappa shape index (κ3) is 2.84. The minimum Gasteiger partial charge on any atom is -0.387 e. The Morgan fingerprint density at radius 3 is 3.04 bits per heavy atom. The summed E-state index contributed by atoms with van der Waals surface area (Å²) >= 11 is 1.72. The first-order chi connectivity index (χ1) is 11.3. The van der Waals surface area contributed by atoms with Crippen LogP contribution in [-0.2, 0) is 0 Å². The Labute approximate surface area is 140 Å². The summed E-state index contributed by atoms with van der Waals surface area (Å²) in [6, 6.07) is 0. The lowest BCUT2D eigenvalue weighted by atomic mass is 10.1. The van der Waals surface area contributed by atoms with E-state index in [9.17, 15) is 0 Å². The number of aromatic nitrogens is 2. The van der Waals surface area contributed by atoms with Crippen LogP contribution in [0.3, 0.4) is 0 Å². The molecular formula is C17H21N5S. The second-order valence-electron chi connectivity index (χ2n) is 5.96. The van der Waals surface area contributed by atoms with Gasteiger partial charge < -0.3 is 15.5 Å². The number of anilines is 1. The maximum atomic E-state index is 4.97. The average molecular weight is 327 g/mol. The van der Waals surface area contributed by atoms with Crippen molar-refractivity contribution in [3.05, 3.63) is 35.1 Å². The van der Waals surface area contributed by atoms with Gasteiger partial charge in [-0.3, -0.25) is 0 Å². The number of hydrogen-bond acceptors (Lipinski definition) is 6. The number of rotatable bonds is 2. The van der Waals surface area contributed by atoms with Crippen LogP contribution in [0.15, 0.2) is 23.7 Å². The maximum Gasteiger partial charge on any atom is 0.162 e. The molecule has 0 saturated carbocycles. The Balaban J connectivity index is 1.84. The Morgan fingerprint density at radius 2 is 2.17 bits per heavy atom. The van der Waals surface area contributed by atoms with E-state index >= 15 is 0 Å². The van der Waals surface area contributed by atoms with Gasteiger partial charge in [0.25, 0.3) is 0 Å². The fourth-order valence-corrected chi connectivity index (χ4v) is 4.01. The maximum absolute atomic E-state index is 4.97. The van der Waals surface area contributed by atoms with Crippen LogP contribution in [0.4, 0.5) is 5.82 Å². The molecule has 0 aliphatic carbocycles. The van der Waals surface area contributed by atoms with E-state index in [1.165, 1.54) is 10.9 Å². The summed E-state index contributed by atoms with van der Waals surface area (Å²) in [5, 5.41) is 10.1. The van der Waals surface area contributed by atoms with Crippen LogP contribution in [0.25, 0.3) is 15.8 Å². The third-order valence-corrected chi connectivity index (χ3v) is 5.31. The second-order valence-corrected chi connectivity index (χ2v) is 6.82. The number of allylic oxidation sites excluding steroid dienone is 2. The lowest BCUT2D eigenvalue weighted by Gasteiger charge is -2.23. The lowest BCUT2D eigenvalue weighted by molar-refractivity contribution is 0.724. The zero-order valence-electron chi connectivity index (χ0n) is 13.3. The zero-order chi connectivity index (χ0) is 15.6. The lowest BCUT2D eigenvalue weighted by Crippen LogP contribution is -2.29. The Kier molecular flexibility index (Phi) is 4.01. The van der Waals surface area contributed by atoms with Gasteiger partial charge in [0.15, 0.2) is 5.82 Å². The molecule has 5 nitrogen and oxygen atoms in total. The number of thiophene rings is 1. The van der Waals surface area contributed by atoms with E-state index in [1.54, 1.807) is 11.3 Å². The summed E-state index contributed by atoms with van der Waals surface area (Å²) in [5.41, 5.74) is 2.38. The number of fused-ring (bicyclic) bond motifs is 1. The molecule has 1 saturated heterocycles. The molecule has 23 heavy (non-hydrogen) atoms. The van der Waals surface area contributed by atoms with Crippen molar-refractivity contribution in [2.45, 2.75) is 13.3 Å². The number of aryl methyl sites for hydroxylation is 1. The molecule has 0 unspecified atom stereocenters. The molecule has 6 heteroatoms. The van der Waals surface area contributed by atoms with Crippen LogP contribution in [-0.4, -0.2) is 42.7 Å². The molecule has 1 fully saturated rings. The predicted molar refractivity (Wildman–Crippen MR) is 97.0 cm³/mol. The van der Waals surface area contributed by atoms with E-state index < -0.39 is 0 Å². The Hall–Kier alpha value is -1.92. The predicted octanol–water partition coefficient (Wildman–Crippen LogP) is 2.30. The van der Waals surface area contributed by atoms with Crippen LogP contribution in [0.1, 0.15) is 17.8 Å². The molecule has 0 bridgehead atoms. The number of dihydropyridines is 1. The quantitative estimate of drug-likeness (QED) is 0.886. The van der Waals surface area contributed by atoms with Crippen molar-refractivity contribution < 1.29 is 0 Å². The van der Waals surface area contributed by atoms with Crippen LogP contribution in [0, 0.1) is 6.92 Å². The van der Waals surface area contributed by atoms with E-state index in [2.05, 4.69) is 40.0 Å². The first-order valence-electron chi connectivity index (χ1n) is 8.15. The molecular weight excluding hydrogens is 306 g/mol. The van der Waals surface area contributed by atoms with E-state index in [0.29, 0.717) is 0 Å². The van der Waals surface area contributed by atoms with Crippen molar-refractivity contribution >= 4 is 32.9 Å². The Morgan fingerprint density at radius 1 is 1.22 bits per heavy atom. The molecule has 2 aliphatic heterocycles. The summed E-state index contributed by atoms with van der Waals surface area (Å²) in [6.07, 6.45) is 7.32. The molecule has 0 amide bonds. The standard InChI is InChI=1S/C17H21N5S/c1-12-11-23-17-14(12)16(22-9-2-5-18-8-10-22)20-15(21-17)13-3-6-19-7-4-13/h3-4,6,11,18-19H,2,5,7-10H2,1H3. The molecule has 2 aromatic heterocycles. The molecule has 2 aliphatic rings. The van der Waals surface area contributed by atoms with Gasteiger partial charge in [0, 0.05) is 31.8 Å². The van der Waals surface area contributed by atoms with Crippen LogP contribution in [0.5, 0.6) is 0 Å². The monoisotopic (exact) mass is 327 g/mol. The molecule has 0 aromatic carbocycles. The first kappa shape index (κ1) is 14.7. The molecule has 120 valence electrons. The van der Waals surface area contributed by atoms with E-state index in [1.807, 2.05) is 6.20 Å². The summed E-state index contributed by atoms with van der Waals surface area (Å²) in [4.78, 5) is 13.3. The van der Waals surface area contributed by atoms with Crippen LogP contribution in [0.2, 0.25) is 0 Å². The van der Waals surface area contributed by atoms with Crippen molar-refractivity contribution in [3.8, 4) is 0 Å². The minimum atomic E-state index is 0.833. The summed E-state index contributed by atoms with van der Waals surface area (Å²) in [7, 11) is 0. The average Bonchev–Trinajstić information content (AvgIpc) is 2.81. The van der Waals surface area contributed by atoms with Gasteiger partial charge in [-0.2, -0.15) is 0 Å². The normalized spacial score (nSPS) is 18.7. The van der Waals surface area contributed by atoms with E-state index in [-0.39, 0.29) is 0 Å². The van der Waals surface area contributed by atoms with Crippen molar-refractivity contribution in [1.29, 1.82) is 0 Å². The smallest absolute Gasteiger partial charge is 0.162 e. The highest BCUT2D eigenvalue weighted by molar-refractivity contribution is 7.17. The largest absolute Gasteiger partial charge is 0.387 e. The summed E-state index contributed by atoms with van der Waals surface area (Å²) in [5.74, 6) is 1.93. The summed E-state index contributed by atoms with van der Waals surface area (Å²) in [6.45, 7) is 7.13. The highest BCUT2D eigenvalue weighted by Gasteiger charge is 2.19.